The van der Waals surface area contributed by atoms with Crippen LogP contribution in [0.3, 0.4) is 0 Å². The molecule has 0 saturated carbocycles. The SMILES string of the molecule is CCCNC(=O)C(C)N(Cc1ccc(Br)cc1)C(=O)COc1ccccc1C. The normalized spacial score (nSPS) is 11.6. The number of hydrogen-bond donors (Lipinski definition) is 1. The molecule has 0 heterocycles. The fraction of sp³-hybridized carbons (Fsp3) is 0.364. The van der Waals surface area contributed by atoms with Gasteiger partial charge in [0.15, 0.2) is 6.61 Å². The van der Waals surface area contributed by atoms with Crippen LogP contribution in [0.5, 0.6) is 5.75 Å². The van der Waals surface area contributed by atoms with Crippen molar-refractivity contribution in [3.8, 4) is 5.75 Å². The van der Waals surface area contributed by atoms with Crippen LogP contribution in [0.15, 0.2) is 53.0 Å². The van der Waals surface area contributed by atoms with Crippen molar-refractivity contribution in [2.75, 3.05) is 13.2 Å². The maximum absolute atomic E-state index is 12.9. The summed E-state index contributed by atoms with van der Waals surface area (Å²) < 4.78 is 6.68. The summed E-state index contributed by atoms with van der Waals surface area (Å²) in [5.74, 6) is 0.274. The molecule has 0 aliphatic carbocycles. The molecule has 6 heteroatoms. The third kappa shape index (κ3) is 6.37. The first-order valence-electron chi connectivity index (χ1n) is 9.42. The number of hydrogen-bond acceptors (Lipinski definition) is 3. The Bertz CT molecular complexity index is 793. The summed E-state index contributed by atoms with van der Waals surface area (Å²) in [6.07, 6.45) is 0.843. The Morgan fingerprint density at radius 3 is 2.46 bits per heavy atom. The fourth-order valence-electron chi connectivity index (χ4n) is 2.71. The molecule has 0 fully saturated rings. The first-order valence-corrected chi connectivity index (χ1v) is 10.2. The van der Waals surface area contributed by atoms with E-state index in [4.69, 9.17) is 4.74 Å². The minimum Gasteiger partial charge on any atom is -0.484 e. The Morgan fingerprint density at radius 2 is 1.82 bits per heavy atom. The molecule has 0 saturated heterocycles. The molecular formula is C22H27BrN2O3. The molecule has 0 bridgehead atoms. The molecule has 0 aromatic heterocycles. The lowest BCUT2D eigenvalue weighted by atomic mass is 10.1. The Kier molecular flexibility index (Phi) is 8.51. The Hall–Kier alpha value is -2.34. The lowest BCUT2D eigenvalue weighted by molar-refractivity contribution is -0.142. The van der Waals surface area contributed by atoms with E-state index in [0.717, 1.165) is 22.0 Å². The van der Waals surface area contributed by atoms with Crippen LogP contribution >= 0.6 is 15.9 Å². The van der Waals surface area contributed by atoms with Crippen molar-refractivity contribution in [3.05, 3.63) is 64.1 Å². The minimum atomic E-state index is -0.594. The van der Waals surface area contributed by atoms with Crippen LogP contribution < -0.4 is 10.1 Å². The van der Waals surface area contributed by atoms with E-state index in [1.54, 1.807) is 11.8 Å². The number of para-hydroxylation sites is 1. The first-order chi connectivity index (χ1) is 13.4. The monoisotopic (exact) mass is 446 g/mol. The molecule has 2 aromatic carbocycles. The molecule has 1 unspecified atom stereocenters. The molecule has 28 heavy (non-hydrogen) atoms. The third-order valence-corrected chi connectivity index (χ3v) is 4.96. The molecular weight excluding hydrogens is 420 g/mol. The summed E-state index contributed by atoms with van der Waals surface area (Å²) in [4.78, 5) is 27.0. The highest BCUT2D eigenvalue weighted by Gasteiger charge is 2.26. The average molecular weight is 447 g/mol. The molecule has 1 atom stereocenters. The zero-order valence-corrected chi connectivity index (χ0v) is 18.2. The topological polar surface area (TPSA) is 58.6 Å². The minimum absolute atomic E-state index is 0.118. The van der Waals surface area contributed by atoms with E-state index in [9.17, 15) is 9.59 Å². The largest absolute Gasteiger partial charge is 0.484 e. The molecule has 150 valence electrons. The zero-order chi connectivity index (χ0) is 20.5. The van der Waals surface area contributed by atoms with Crippen LogP contribution in [0.25, 0.3) is 0 Å². The fourth-order valence-corrected chi connectivity index (χ4v) is 2.97. The van der Waals surface area contributed by atoms with E-state index in [2.05, 4.69) is 21.2 Å². The van der Waals surface area contributed by atoms with Crippen molar-refractivity contribution in [2.45, 2.75) is 39.8 Å². The summed E-state index contributed by atoms with van der Waals surface area (Å²) >= 11 is 3.41. The van der Waals surface area contributed by atoms with E-state index < -0.39 is 6.04 Å². The van der Waals surface area contributed by atoms with Crippen LogP contribution in [-0.4, -0.2) is 35.9 Å². The van der Waals surface area contributed by atoms with Gasteiger partial charge in [0.2, 0.25) is 5.91 Å². The lowest BCUT2D eigenvalue weighted by Gasteiger charge is -2.29. The van der Waals surface area contributed by atoms with Gasteiger partial charge in [0.05, 0.1) is 0 Å². The predicted octanol–water partition coefficient (Wildman–Crippen LogP) is 4.08. The van der Waals surface area contributed by atoms with Crippen LogP contribution in [0.4, 0.5) is 0 Å². The van der Waals surface area contributed by atoms with Crippen LogP contribution in [0.1, 0.15) is 31.4 Å². The van der Waals surface area contributed by atoms with E-state index >= 15 is 0 Å². The summed E-state index contributed by atoms with van der Waals surface area (Å²) in [5.41, 5.74) is 1.91. The van der Waals surface area contributed by atoms with Gasteiger partial charge in [-0.25, -0.2) is 0 Å². The first kappa shape index (κ1) is 22.0. The van der Waals surface area contributed by atoms with Crippen molar-refractivity contribution in [3.63, 3.8) is 0 Å². The Morgan fingerprint density at radius 1 is 1.14 bits per heavy atom. The van der Waals surface area contributed by atoms with Gasteiger partial charge < -0.3 is 15.0 Å². The number of ether oxygens (including phenoxy) is 1. The van der Waals surface area contributed by atoms with Crippen molar-refractivity contribution in [1.29, 1.82) is 0 Å². The van der Waals surface area contributed by atoms with E-state index in [1.807, 2.05) is 62.4 Å². The van der Waals surface area contributed by atoms with Crippen molar-refractivity contribution in [2.24, 2.45) is 0 Å². The molecule has 2 rings (SSSR count). The molecule has 2 aromatic rings. The quantitative estimate of drug-likeness (QED) is 0.630. The summed E-state index contributed by atoms with van der Waals surface area (Å²) in [6.45, 7) is 6.47. The van der Waals surface area contributed by atoms with Gasteiger partial charge >= 0.3 is 0 Å². The number of carbonyl (C=O) groups is 2. The number of nitrogens with zero attached hydrogens (tertiary/aromatic N) is 1. The van der Waals surface area contributed by atoms with Crippen molar-refractivity contribution >= 4 is 27.7 Å². The second-order valence-electron chi connectivity index (χ2n) is 6.67. The van der Waals surface area contributed by atoms with Gasteiger partial charge in [0.1, 0.15) is 11.8 Å². The van der Waals surface area contributed by atoms with Crippen LogP contribution in [-0.2, 0) is 16.1 Å². The molecule has 0 radical (unpaired) electrons. The Balaban J connectivity index is 2.13. The molecule has 5 nitrogen and oxygen atoms in total. The van der Waals surface area contributed by atoms with Gasteiger partial charge in [-0.3, -0.25) is 9.59 Å². The number of carbonyl (C=O) groups excluding carboxylic acids is 2. The number of halogens is 1. The lowest BCUT2D eigenvalue weighted by Crippen LogP contribution is -2.49. The van der Waals surface area contributed by atoms with Gasteiger partial charge in [-0.15, -0.1) is 0 Å². The summed E-state index contributed by atoms with van der Waals surface area (Å²) in [7, 11) is 0. The van der Waals surface area contributed by atoms with Gasteiger partial charge in [-0.2, -0.15) is 0 Å². The highest BCUT2D eigenvalue weighted by Crippen LogP contribution is 2.18. The van der Waals surface area contributed by atoms with Gasteiger partial charge in [-0.05, 0) is 49.6 Å². The number of benzene rings is 2. The smallest absolute Gasteiger partial charge is 0.261 e. The summed E-state index contributed by atoms with van der Waals surface area (Å²) in [6, 6.07) is 14.7. The summed E-state index contributed by atoms with van der Waals surface area (Å²) in [5, 5.41) is 2.86. The second kappa shape index (κ2) is 10.9. The number of rotatable bonds is 9. The number of nitrogens with one attached hydrogen (secondary N) is 1. The van der Waals surface area contributed by atoms with E-state index in [-0.39, 0.29) is 18.4 Å². The third-order valence-electron chi connectivity index (χ3n) is 4.43. The van der Waals surface area contributed by atoms with E-state index in [0.29, 0.717) is 18.8 Å². The molecule has 0 spiro atoms. The van der Waals surface area contributed by atoms with Crippen molar-refractivity contribution in [1.82, 2.24) is 10.2 Å². The molecule has 2 amide bonds. The maximum atomic E-state index is 12.9. The van der Waals surface area contributed by atoms with Gasteiger partial charge in [0, 0.05) is 17.6 Å². The maximum Gasteiger partial charge on any atom is 0.261 e. The molecule has 0 aliphatic heterocycles. The molecule has 0 aliphatic rings. The number of aryl methyl sites for hydroxylation is 1. The van der Waals surface area contributed by atoms with Crippen LogP contribution in [0.2, 0.25) is 0 Å². The number of amides is 2. The predicted molar refractivity (Wildman–Crippen MR) is 114 cm³/mol. The van der Waals surface area contributed by atoms with Crippen LogP contribution in [0, 0.1) is 6.92 Å². The molecule has 1 N–H and O–H groups in total. The highest BCUT2D eigenvalue weighted by molar-refractivity contribution is 9.10. The van der Waals surface area contributed by atoms with Crippen molar-refractivity contribution < 1.29 is 14.3 Å². The highest BCUT2D eigenvalue weighted by atomic mass is 79.9. The van der Waals surface area contributed by atoms with E-state index in [1.165, 1.54) is 0 Å². The second-order valence-corrected chi connectivity index (χ2v) is 7.58. The van der Waals surface area contributed by atoms with Gasteiger partial charge in [0.25, 0.3) is 5.91 Å². The zero-order valence-electron chi connectivity index (χ0n) is 16.6. The average Bonchev–Trinajstić information content (AvgIpc) is 2.70. The Labute approximate surface area is 175 Å². The standard InChI is InChI=1S/C22H27BrN2O3/c1-4-13-24-22(27)17(3)25(14-18-9-11-19(23)12-10-18)21(26)15-28-20-8-6-5-7-16(20)2/h5-12,17H,4,13-15H2,1-3H3,(H,24,27). The van der Waals surface area contributed by atoms with Gasteiger partial charge in [-0.1, -0.05) is 53.2 Å².